The van der Waals surface area contributed by atoms with Crippen LogP contribution in [-0.2, 0) is 9.53 Å². The van der Waals surface area contributed by atoms with Crippen LogP contribution in [0.2, 0.25) is 0 Å². The van der Waals surface area contributed by atoms with Crippen LogP contribution in [0, 0.1) is 0 Å². The van der Waals surface area contributed by atoms with Gasteiger partial charge in [-0.05, 0) is 33.6 Å². The Morgan fingerprint density at radius 3 is 2.33 bits per heavy atom. The maximum atomic E-state index is 9.84. The molecule has 0 saturated carbocycles. The molecule has 0 aliphatic rings. The lowest BCUT2D eigenvalue weighted by atomic mass is 10.2. The van der Waals surface area contributed by atoms with E-state index in [2.05, 4.69) is 0 Å². The van der Waals surface area contributed by atoms with Gasteiger partial charge in [0.25, 0.3) is 0 Å². The van der Waals surface area contributed by atoms with Gasteiger partial charge < -0.3 is 4.74 Å². The lowest BCUT2D eigenvalue weighted by Crippen LogP contribution is -2.19. The van der Waals surface area contributed by atoms with Crippen molar-refractivity contribution in [2.45, 2.75) is 52.1 Å². The van der Waals surface area contributed by atoms with Gasteiger partial charge in [0.15, 0.2) is 6.29 Å². The highest BCUT2D eigenvalue weighted by molar-refractivity contribution is 5.50. The molecule has 1 radical (unpaired) electrons. The Kier molecular flexibility index (Phi) is 5.99. The normalized spacial score (nSPS) is 11.6. The van der Waals surface area contributed by atoms with E-state index in [4.69, 9.17) is 4.74 Å². The first-order chi connectivity index (χ1) is 5.56. The van der Waals surface area contributed by atoms with Crippen LogP contribution < -0.4 is 0 Å². The van der Waals surface area contributed by atoms with Crippen LogP contribution in [0.3, 0.4) is 0 Å². The molecule has 0 bridgehead atoms. The monoisotopic (exact) mass is 171 g/mol. The zero-order valence-electron chi connectivity index (χ0n) is 8.35. The van der Waals surface area contributed by atoms with Crippen LogP contribution in [0.15, 0.2) is 0 Å². The van der Waals surface area contributed by atoms with Crippen molar-refractivity contribution in [2.75, 3.05) is 6.61 Å². The molecule has 2 heteroatoms. The van der Waals surface area contributed by atoms with E-state index < -0.39 is 0 Å². The number of unbranched alkanes of at least 4 members (excludes halogenated alkanes) is 3. The molecular weight excluding hydrogens is 152 g/mol. The lowest BCUT2D eigenvalue weighted by Gasteiger charge is -2.19. The van der Waals surface area contributed by atoms with Crippen molar-refractivity contribution in [3.8, 4) is 0 Å². The van der Waals surface area contributed by atoms with Crippen molar-refractivity contribution in [1.29, 1.82) is 0 Å². The molecule has 0 saturated heterocycles. The topological polar surface area (TPSA) is 26.3 Å². The van der Waals surface area contributed by atoms with Crippen molar-refractivity contribution in [3.63, 3.8) is 0 Å². The van der Waals surface area contributed by atoms with Crippen LogP contribution >= 0.6 is 0 Å². The molecule has 0 spiro atoms. The van der Waals surface area contributed by atoms with Crippen molar-refractivity contribution in [2.24, 2.45) is 0 Å². The average molecular weight is 171 g/mol. The Balaban J connectivity index is 3.06. The van der Waals surface area contributed by atoms with E-state index in [9.17, 15) is 4.79 Å². The number of ether oxygens (including phenoxy) is 1. The summed E-state index contributed by atoms with van der Waals surface area (Å²) in [5.41, 5.74) is -0.0310. The summed E-state index contributed by atoms with van der Waals surface area (Å²) in [5, 5.41) is 0. The molecule has 0 unspecified atom stereocenters. The standard InChI is InChI=1S/C10H19O2/c1-10(2,3)12-9-7-5-4-6-8-11/h4-7,9H2,1-3H3. The van der Waals surface area contributed by atoms with Gasteiger partial charge in [0.2, 0.25) is 0 Å². The average Bonchev–Trinajstić information content (AvgIpc) is 1.94. The summed E-state index contributed by atoms with van der Waals surface area (Å²) in [6.45, 7) is 6.94. The summed E-state index contributed by atoms with van der Waals surface area (Å²) in [7, 11) is 0. The maximum Gasteiger partial charge on any atom is 0.198 e. The molecule has 0 amide bonds. The van der Waals surface area contributed by atoms with Gasteiger partial charge in [-0.15, -0.1) is 0 Å². The highest BCUT2D eigenvalue weighted by atomic mass is 16.5. The van der Waals surface area contributed by atoms with Gasteiger partial charge in [-0.2, -0.15) is 0 Å². The van der Waals surface area contributed by atoms with Crippen molar-refractivity contribution < 1.29 is 9.53 Å². The molecule has 0 rings (SSSR count). The second-order valence-electron chi connectivity index (χ2n) is 3.92. The number of hydrogen-bond donors (Lipinski definition) is 0. The number of hydrogen-bond acceptors (Lipinski definition) is 2. The minimum Gasteiger partial charge on any atom is -0.376 e. The van der Waals surface area contributed by atoms with Crippen LogP contribution in [0.5, 0.6) is 0 Å². The molecule has 0 heterocycles. The van der Waals surface area contributed by atoms with Gasteiger partial charge in [0.1, 0.15) is 0 Å². The molecule has 0 aliphatic carbocycles. The Morgan fingerprint density at radius 1 is 1.17 bits per heavy atom. The molecule has 0 atom stereocenters. The van der Waals surface area contributed by atoms with E-state index in [0.717, 1.165) is 25.9 Å². The van der Waals surface area contributed by atoms with E-state index >= 15 is 0 Å². The molecule has 0 aromatic heterocycles. The van der Waals surface area contributed by atoms with Gasteiger partial charge in [0.05, 0.1) is 5.60 Å². The minimum atomic E-state index is -0.0310. The Hall–Kier alpha value is -0.370. The van der Waals surface area contributed by atoms with E-state index in [1.165, 1.54) is 0 Å². The quantitative estimate of drug-likeness (QED) is 0.574. The second-order valence-corrected chi connectivity index (χ2v) is 3.92. The summed E-state index contributed by atoms with van der Waals surface area (Å²) >= 11 is 0. The summed E-state index contributed by atoms with van der Waals surface area (Å²) in [5.74, 6) is 0. The van der Waals surface area contributed by atoms with E-state index in [0.29, 0.717) is 6.42 Å². The fourth-order valence-corrected chi connectivity index (χ4v) is 0.854. The molecule has 0 aromatic carbocycles. The zero-order chi connectivity index (χ0) is 9.45. The third-order valence-electron chi connectivity index (χ3n) is 1.46. The highest BCUT2D eigenvalue weighted by Gasteiger charge is 2.08. The third-order valence-corrected chi connectivity index (χ3v) is 1.46. The fraction of sp³-hybridized carbons (Fsp3) is 0.900. The Labute approximate surface area is 75.3 Å². The van der Waals surface area contributed by atoms with Crippen molar-refractivity contribution in [3.05, 3.63) is 0 Å². The SMILES string of the molecule is CC(C)(C)OCCCCC[C]=O. The smallest absolute Gasteiger partial charge is 0.198 e. The van der Waals surface area contributed by atoms with Crippen LogP contribution in [0.1, 0.15) is 46.5 Å². The first kappa shape index (κ1) is 11.6. The van der Waals surface area contributed by atoms with Crippen LogP contribution in [-0.4, -0.2) is 18.5 Å². The highest BCUT2D eigenvalue weighted by Crippen LogP contribution is 2.08. The van der Waals surface area contributed by atoms with Crippen LogP contribution in [0.4, 0.5) is 0 Å². The molecule has 0 fully saturated rings. The van der Waals surface area contributed by atoms with Gasteiger partial charge in [-0.25, -0.2) is 0 Å². The predicted octanol–water partition coefficient (Wildman–Crippen LogP) is 2.47. The zero-order valence-corrected chi connectivity index (χ0v) is 8.35. The summed E-state index contributed by atoms with van der Waals surface area (Å²) in [4.78, 5) is 9.84. The number of carbonyl (C=O) groups excluding carboxylic acids is 1. The number of rotatable bonds is 6. The molecule has 0 aromatic rings. The molecule has 2 nitrogen and oxygen atoms in total. The van der Waals surface area contributed by atoms with Gasteiger partial charge >= 0.3 is 0 Å². The van der Waals surface area contributed by atoms with E-state index in [1.807, 2.05) is 27.1 Å². The van der Waals surface area contributed by atoms with Gasteiger partial charge in [-0.3, -0.25) is 4.79 Å². The third kappa shape index (κ3) is 9.63. The molecule has 0 aliphatic heterocycles. The van der Waals surface area contributed by atoms with Gasteiger partial charge in [-0.1, -0.05) is 6.42 Å². The van der Waals surface area contributed by atoms with Crippen molar-refractivity contribution >= 4 is 6.29 Å². The first-order valence-electron chi connectivity index (χ1n) is 4.55. The predicted molar refractivity (Wildman–Crippen MR) is 49.9 cm³/mol. The Morgan fingerprint density at radius 2 is 1.83 bits per heavy atom. The maximum absolute atomic E-state index is 9.84. The molecule has 12 heavy (non-hydrogen) atoms. The largest absolute Gasteiger partial charge is 0.376 e. The summed E-state index contributed by atoms with van der Waals surface area (Å²) in [6, 6.07) is 0. The lowest BCUT2D eigenvalue weighted by molar-refractivity contribution is -0.00466. The fourth-order valence-electron chi connectivity index (χ4n) is 0.854. The minimum absolute atomic E-state index is 0.0310. The molecule has 0 N–H and O–H groups in total. The van der Waals surface area contributed by atoms with E-state index in [1.54, 1.807) is 0 Å². The first-order valence-corrected chi connectivity index (χ1v) is 4.55. The summed E-state index contributed by atoms with van der Waals surface area (Å²) < 4.78 is 5.51. The summed E-state index contributed by atoms with van der Waals surface area (Å²) in [6.07, 6.45) is 5.49. The van der Waals surface area contributed by atoms with E-state index in [-0.39, 0.29) is 5.60 Å². The molecular formula is C10H19O2. The van der Waals surface area contributed by atoms with Crippen molar-refractivity contribution in [1.82, 2.24) is 0 Å². The van der Waals surface area contributed by atoms with Crippen LogP contribution in [0.25, 0.3) is 0 Å². The Bertz CT molecular complexity index is 113. The second kappa shape index (κ2) is 6.18. The van der Waals surface area contributed by atoms with Gasteiger partial charge in [0, 0.05) is 13.0 Å². The molecule has 71 valence electrons.